The Hall–Kier alpha value is -3.14. The van der Waals surface area contributed by atoms with Crippen LogP contribution < -0.4 is 0 Å². The Morgan fingerprint density at radius 3 is 2.65 bits per heavy atom. The normalized spacial score (nSPS) is 16.6. The number of hydrogen-bond donors (Lipinski definition) is 0. The molecule has 3 aromatic rings. The predicted octanol–water partition coefficient (Wildman–Crippen LogP) is 4.89. The van der Waals surface area contributed by atoms with Crippen molar-refractivity contribution in [1.82, 2.24) is 5.01 Å². The van der Waals surface area contributed by atoms with Crippen molar-refractivity contribution >= 4 is 11.6 Å². The second-order valence-electron chi connectivity index (χ2n) is 6.62. The summed E-state index contributed by atoms with van der Waals surface area (Å²) in [5.41, 5.74) is 4.66. The van der Waals surface area contributed by atoms with E-state index in [2.05, 4.69) is 30.2 Å². The smallest absolute Gasteiger partial charge is 0.274 e. The van der Waals surface area contributed by atoms with Crippen molar-refractivity contribution in [1.29, 1.82) is 0 Å². The molecule has 0 radical (unpaired) electrons. The fraction of sp³-hybridized carbons (Fsp3) is 0.182. The Kier molecular flexibility index (Phi) is 4.17. The molecule has 0 N–H and O–H groups in total. The molecule has 1 aliphatic rings. The molecule has 0 unspecified atom stereocenters. The number of hydrogen-bond acceptors (Lipinski definition) is 3. The molecule has 0 fully saturated rings. The van der Waals surface area contributed by atoms with E-state index in [0.717, 1.165) is 22.4 Å². The maximum Gasteiger partial charge on any atom is 0.274 e. The highest BCUT2D eigenvalue weighted by atomic mass is 16.3. The van der Waals surface area contributed by atoms with Crippen LogP contribution in [0.1, 0.15) is 45.3 Å². The lowest BCUT2D eigenvalue weighted by Gasteiger charge is -2.23. The minimum atomic E-state index is -0.137. The van der Waals surface area contributed by atoms with Gasteiger partial charge < -0.3 is 4.42 Å². The van der Waals surface area contributed by atoms with Gasteiger partial charge in [0.1, 0.15) is 11.5 Å². The second-order valence-corrected chi connectivity index (χ2v) is 6.62. The molecule has 0 saturated heterocycles. The fourth-order valence-corrected chi connectivity index (χ4v) is 3.36. The average Bonchev–Trinajstić information content (AvgIpc) is 3.31. The van der Waals surface area contributed by atoms with Gasteiger partial charge in [-0.1, -0.05) is 48.0 Å². The molecule has 1 amide bonds. The summed E-state index contributed by atoms with van der Waals surface area (Å²) in [5, 5.41) is 6.25. The molecule has 1 atom stereocenters. The van der Waals surface area contributed by atoms with E-state index >= 15 is 0 Å². The lowest BCUT2D eigenvalue weighted by atomic mass is 9.98. The highest BCUT2D eigenvalue weighted by molar-refractivity contribution is 6.03. The van der Waals surface area contributed by atoms with Crippen LogP contribution in [0, 0.1) is 13.8 Å². The van der Waals surface area contributed by atoms with Gasteiger partial charge >= 0.3 is 0 Å². The molecule has 1 aliphatic heterocycles. The van der Waals surface area contributed by atoms with Crippen LogP contribution in [-0.4, -0.2) is 16.6 Å². The van der Waals surface area contributed by atoms with Crippen molar-refractivity contribution in [3.05, 3.63) is 94.9 Å². The third-order valence-corrected chi connectivity index (χ3v) is 4.73. The summed E-state index contributed by atoms with van der Waals surface area (Å²) < 4.78 is 5.51. The molecule has 0 bridgehead atoms. The third kappa shape index (κ3) is 2.94. The van der Waals surface area contributed by atoms with E-state index in [-0.39, 0.29) is 11.9 Å². The number of hydrazone groups is 1. The van der Waals surface area contributed by atoms with Crippen LogP contribution >= 0.6 is 0 Å². The fourth-order valence-electron chi connectivity index (χ4n) is 3.36. The molecular weight excluding hydrogens is 324 g/mol. The molecule has 4 heteroatoms. The van der Waals surface area contributed by atoms with Crippen LogP contribution in [0.2, 0.25) is 0 Å². The van der Waals surface area contributed by atoms with Crippen LogP contribution in [0.5, 0.6) is 0 Å². The minimum Gasteiger partial charge on any atom is -0.463 e. The number of carbonyl (C=O) groups excluding carboxylic acids is 1. The Labute approximate surface area is 152 Å². The van der Waals surface area contributed by atoms with Crippen LogP contribution in [0.25, 0.3) is 0 Å². The molecular formula is C22H20N2O2. The van der Waals surface area contributed by atoms with Crippen LogP contribution in [0.15, 0.2) is 76.4 Å². The van der Waals surface area contributed by atoms with Gasteiger partial charge in [0.2, 0.25) is 0 Å². The van der Waals surface area contributed by atoms with Crippen molar-refractivity contribution in [3.8, 4) is 0 Å². The minimum absolute atomic E-state index is 0.0869. The second kappa shape index (κ2) is 6.64. The van der Waals surface area contributed by atoms with Gasteiger partial charge in [-0.3, -0.25) is 4.79 Å². The maximum atomic E-state index is 13.2. The summed E-state index contributed by atoms with van der Waals surface area (Å²) in [4.78, 5) is 13.2. The average molecular weight is 344 g/mol. The van der Waals surface area contributed by atoms with E-state index in [1.54, 1.807) is 11.3 Å². The summed E-state index contributed by atoms with van der Waals surface area (Å²) in [6, 6.07) is 19.4. The quantitative estimate of drug-likeness (QED) is 0.679. The SMILES string of the molecule is Cc1cccc([C@H]2CC(c3ccco3)=NN2C(=O)c2ccccc2C)c1. The van der Waals surface area contributed by atoms with E-state index in [1.807, 2.05) is 49.4 Å². The Balaban J connectivity index is 1.76. The molecule has 4 nitrogen and oxygen atoms in total. The number of nitrogens with zero attached hydrogens (tertiary/aromatic N) is 2. The summed E-state index contributed by atoms with van der Waals surface area (Å²) >= 11 is 0. The summed E-state index contributed by atoms with van der Waals surface area (Å²) in [5.74, 6) is 0.624. The van der Waals surface area contributed by atoms with Gasteiger partial charge in [-0.15, -0.1) is 0 Å². The highest BCUT2D eigenvalue weighted by Gasteiger charge is 2.34. The Bertz CT molecular complexity index is 973. The molecule has 26 heavy (non-hydrogen) atoms. The zero-order valence-electron chi connectivity index (χ0n) is 14.8. The first-order chi connectivity index (χ1) is 12.6. The first-order valence-electron chi connectivity index (χ1n) is 8.70. The molecule has 0 spiro atoms. The van der Waals surface area contributed by atoms with E-state index in [1.165, 1.54) is 0 Å². The first kappa shape index (κ1) is 16.3. The Morgan fingerprint density at radius 2 is 1.92 bits per heavy atom. The topological polar surface area (TPSA) is 45.8 Å². The Morgan fingerprint density at radius 1 is 1.08 bits per heavy atom. The molecule has 1 aromatic heterocycles. The monoisotopic (exact) mass is 344 g/mol. The van der Waals surface area contributed by atoms with Gasteiger partial charge in [0.05, 0.1) is 12.3 Å². The lowest BCUT2D eigenvalue weighted by Crippen LogP contribution is -2.27. The molecule has 0 aliphatic carbocycles. The van der Waals surface area contributed by atoms with E-state index < -0.39 is 0 Å². The molecule has 4 rings (SSSR count). The van der Waals surface area contributed by atoms with Crippen LogP contribution in [0.4, 0.5) is 0 Å². The van der Waals surface area contributed by atoms with Gasteiger partial charge in [0.15, 0.2) is 0 Å². The largest absolute Gasteiger partial charge is 0.463 e. The number of furan rings is 1. The maximum absolute atomic E-state index is 13.2. The van der Waals surface area contributed by atoms with E-state index in [9.17, 15) is 4.79 Å². The van der Waals surface area contributed by atoms with Gasteiger partial charge in [-0.2, -0.15) is 5.10 Å². The van der Waals surface area contributed by atoms with Crippen molar-refractivity contribution in [3.63, 3.8) is 0 Å². The predicted molar refractivity (Wildman–Crippen MR) is 101 cm³/mol. The molecule has 130 valence electrons. The molecule has 2 aromatic carbocycles. The van der Waals surface area contributed by atoms with Crippen molar-refractivity contribution in [2.24, 2.45) is 5.10 Å². The number of aryl methyl sites for hydroxylation is 2. The first-order valence-corrected chi connectivity index (χ1v) is 8.70. The highest BCUT2D eigenvalue weighted by Crippen LogP contribution is 2.34. The number of carbonyl (C=O) groups is 1. The standard InChI is InChI=1S/C22H20N2O2/c1-15-7-5-9-17(13-15)20-14-19(21-11-6-12-26-21)23-24(20)22(25)18-10-4-3-8-16(18)2/h3-13,20H,14H2,1-2H3/t20-/m1/s1. The van der Waals surface area contributed by atoms with Crippen molar-refractivity contribution in [2.75, 3.05) is 0 Å². The summed E-state index contributed by atoms with van der Waals surface area (Å²) in [6.45, 7) is 4.00. The zero-order valence-corrected chi connectivity index (χ0v) is 14.8. The van der Waals surface area contributed by atoms with E-state index in [4.69, 9.17) is 4.42 Å². The summed E-state index contributed by atoms with van der Waals surface area (Å²) in [6.07, 6.45) is 2.26. The van der Waals surface area contributed by atoms with Crippen molar-refractivity contribution < 1.29 is 9.21 Å². The van der Waals surface area contributed by atoms with Gasteiger partial charge in [-0.05, 0) is 43.2 Å². The van der Waals surface area contributed by atoms with Gasteiger partial charge in [0, 0.05) is 12.0 Å². The lowest BCUT2D eigenvalue weighted by molar-refractivity contribution is 0.0710. The van der Waals surface area contributed by atoms with Crippen LogP contribution in [-0.2, 0) is 0 Å². The molecule has 0 saturated carbocycles. The summed E-state index contributed by atoms with van der Waals surface area (Å²) in [7, 11) is 0. The number of benzene rings is 2. The van der Waals surface area contributed by atoms with Crippen LogP contribution in [0.3, 0.4) is 0 Å². The van der Waals surface area contributed by atoms with Gasteiger partial charge in [-0.25, -0.2) is 5.01 Å². The number of rotatable bonds is 3. The molecule has 2 heterocycles. The van der Waals surface area contributed by atoms with Gasteiger partial charge in [0.25, 0.3) is 5.91 Å². The third-order valence-electron chi connectivity index (χ3n) is 4.73. The zero-order chi connectivity index (χ0) is 18.1. The van der Waals surface area contributed by atoms with Crippen molar-refractivity contribution in [2.45, 2.75) is 26.3 Å². The van der Waals surface area contributed by atoms with E-state index in [0.29, 0.717) is 17.7 Å². The number of amides is 1.